The summed E-state index contributed by atoms with van der Waals surface area (Å²) in [4.78, 5) is 31.0. The third-order valence-corrected chi connectivity index (χ3v) is 4.88. The molecule has 0 aromatic carbocycles. The molecular weight excluding hydrogens is 370 g/mol. The molecule has 27 heavy (non-hydrogen) atoms. The van der Waals surface area contributed by atoms with Crippen LogP contribution in [0, 0.1) is 5.92 Å². The van der Waals surface area contributed by atoms with E-state index in [9.17, 15) is 9.59 Å². The summed E-state index contributed by atoms with van der Waals surface area (Å²) in [5.74, 6) is -0.0673. The van der Waals surface area contributed by atoms with Crippen LogP contribution in [0.5, 0.6) is 5.88 Å². The van der Waals surface area contributed by atoms with Gasteiger partial charge in [-0.3, -0.25) is 9.59 Å². The van der Waals surface area contributed by atoms with E-state index in [2.05, 4.69) is 20.5 Å². The number of nitrogens with zero attached hydrogens (tertiary/aromatic N) is 4. The maximum absolute atomic E-state index is 12.8. The number of hydrogen-bond donors (Lipinski definition) is 1. The van der Waals surface area contributed by atoms with E-state index in [0.717, 1.165) is 0 Å². The van der Waals surface area contributed by atoms with Crippen LogP contribution in [-0.2, 0) is 9.53 Å². The molecule has 10 heteroatoms. The number of anilines is 1. The van der Waals surface area contributed by atoms with Gasteiger partial charge in [0, 0.05) is 32.3 Å². The number of aromatic nitrogens is 3. The van der Waals surface area contributed by atoms with Gasteiger partial charge >= 0.3 is 0 Å². The van der Waals surface area contributed by atoms with Crippen LogP contribution in [0.25, 0.3) is 0 Å². The Morgan fingerprint density at radius 2 is 2.15 bits per heavy atom. The minimum Gasteiger partial charge on any atom is -0.475 e. The molecule has 144 valence electrons. The van der Waals surface area contributed by atoms with E-state index in [4.69, 9.17) is 9.47 Å². The topological polar surface area (TPSA) is 107 Å². The average Bonchev–Trinajstić information content (AvgIpc) is 3.21. The Labute approximate surface area is 160 Å². The van der Waals surface area contributed by atoms with Gasteiger partial charge in [0.25, 0.3) is 5.91 Å². The highest BCUT2D eigenvalue weighted by Gasteiger charge is 2.29. The van der Waals surface area contributed by atoms with Gasteiger partial charge in [-0.25, -0.2) is 4.98 Å². The summed E-state index contributed by atoms with van der Waals surface area (Å²) in [6, 6.07) is 3.41. The zero-order chi connectivity index (χ0) is 19.1. The molecule has 1 N–H and O–H groups in total. The Bertz CT molecular complexity index is 762. The molecule has 0 atom stereocenters. The first-order valence-corrected chi connectivity index (χ1v) is 9.50. The fourth-order valence-corrected chi connectivity index (χ4v) is 3.29. The molecule has 1 saturated heterocycles. The predicted octanol–water partition coefficient (Wildman–Crippen LogP) is 1.45. The average molecular weight is 391 g/mol. The Kier molecular flexibility index (Phi) is 6.66. The van der Waals surface area contributed by atoms with Gasteiger partial charge in [-0.15, -0.1) is 10.2 Å². The summed E-state index contributed by atoms with van der Waals surface area (Å²) in [7, 11) is 1.58. The molecule has 0 saturated carbocycles. The molecule has 2 aromatic heterocycles. The molecule has 1 aliphatic rings. The first-order chi connectivity index (χ1) is 13.2. The van der Waals surface area contributed by atoms with Crippen LogP contribution in [0.1, 0.15) is 23.2 Å². The van der Waals surface area contributed by atoms with Crippen molar-refractivity contribution in [1.82, 2.24) is 20.1 Å². The summed E-state index contributed by atoms with van der Waals surface area (Å²) < 4.78 is 10.5. The minimum atomic E-state index is -0.149. The largest absolute Gasteiger partial charge is 0.475 e. The highest BCUT2D eigenvalue weighted by Crippen LogP contribution is 2.23. The van der Waals surface area contributed by atoms with E-state index in [1.165, 1.54) is 11.3 Å². The lowest BCUT2D eigenvalue weighted by Gasteiger charge is -2.31. The van der Waals surface area contributed by atoms with Gasteiger partial charge in [-0.05, 0) is 25.0 Å². The molecule has 3 rings (SSSR count). The van der Waals surface area contributed by atoms with Crippen molar-refractivity contribution in [2.24, 2.45) is 5.92 Å². The van der Waals surface area contributed by atoms with E-state index in [0.29, 0.717) is 55.7 Å². The highest BCUT2D eigenvalue weighted by molar-refractivity contribution is 7.13. The fraction of sp³-hybridized carbons (Fsp3) is 0.471. The van der Waals surface area contributed by atoms with Gasteiger partial charge < -0.3 is 19.7 Å². The SMILES string of the molecule is COCCOc1ncccc1C(=O)N1CCC(C(=O)Nc2nncs2)CC1. The van der Waals surface area contributed by atoms with Crippen LogP contribution in [0.2, 0.25) is 0 Å². The lowest BCUT2D eigenvalue weighted by atomic mass is 9.95. The summed E-state index contributed by atoms with van der Waals surface area (Å²) in [5.41, 5.74) is 1.99. The van der Waals surface area contributed by atoms with Crippen molar-refractivity contribution in [1.29, 1.82) is 0 Å². The Hall–Kier alpha value is -2.59. The molecule has 9 nitrogen and oxygen atoms in total. The van der Waals surface area contributed by atoms with E-state index >= 15 is 0 Å². The molecule has 0 unspecified atom stereocenters. The molecule has 0 aliphatic carbocycles. The molecule has 2 aromatic rings. The van der Waals surface area contributed by atoms with Gasteiger partial charge in [0.05, 0.1) is 6.61 Å². The van der Waals surface area contributed by atoms with Crippen molar-refractivity contribution >= 4 is 28.3 Å². The van der Waals surface area contributed by atoms with E-state index in [1.54, 1.807) is 35.8 Å². The zero-order valence-electron chi connectivity index (χ0n) is 15.0. The number of carbonyl (C=O) groups is 2. The molecule has 0 radical (unpaired) electrons. The Morgan fingerprint density at radius 3 is 2.85 bits per heavy atom. The molecule has 1 aliphatic heterocycles. The van der Waals surface area contributed by atoms with Crippen molar-refractivity contribution in [3.8, 4) is 5.88 Å². The van der Waals surface area contributed by atoms with E-state index < -0.39 is 0 Å². The van der Waals surface area contributed by atoms with E-state index in [-0.39, 0.29) is 17.7 Å². The third kappa shape index (κ3) is 4.98. The van der Waals surface area contributed by atoms with Crippen LogP contribution >= 0.6 is 11.3 Å². The molecular formula is C17H21N5O4S. The summed E-state index contributed by atoms with van der Waals surface area (Å²) >= 11 is 1.28. The fourth-order valence-electron chi connectivity index (χ4n) is 2.84. The first-order valence-electron chi connectivity index (χ1n) is 8.62. The number of ether oxygens (including phenoxy) is 2. The molecule has 0 bridgehead atoms. The lowest BCUT2D eigenvalue weighted by molar-refractivity contribution is -0.121. The van der Waals surface area contributed by atoms with Crippen molar-refractivity contribution < 1.29 is 19.1 Å². The predicted molar refractivity (Wildman–Crippen MR) is 98.8 cm³/mol. The van der Waals surface area contributed by atoms with Crippen molar-refractivity contribution in [3.63, 3.8) is 0 Å². The van der Waals surface area contributed by atoms with Gasteiger partial charge in [0.1, 0.15) is 17.7 Å². The number of hydrogen-bond acceptors (Lipinski definition) is 8. The number of carbonyl (C=O) groups excluding carboxylic acids is 2. The van der Waals surface area contributed by atoms with Crippen molar-refractivity contribution in [3.05, 3.63) is 29.4 Å². The number of piperidine rings is 1. The number of likely N-dealkylation sites (tertiary alicyclic amines) is 1. The maximum Gasteiger partial charge on any atom is 0.259 e. The lowest BCUT2D eigenvalue weighted by Crippen LogP contribution is -2.41. The minimum absolute atomic E-state index is 0.0798. The second-order valence-electron chi connectivity index (χ2n) is 6.00. The quantitative estimate of drug-likeness (QED) is 0.712. The normalized spacial score (nSPS) is 14.8. The van der Waals surface area contributed by atoms with Crippen molar-refractivity contribution in [2.45, 2.75) is 12.8 Å². The van der Waals surface area contributed by atoms with Crippen LogP contribution in [-0.4, -0.2) is 65.3 Å². The number of pyridine rings is 1. The van der Waals surface area contributed by atoms with Crippen LogP contribution in [0.4, 0.5) is 5.13 Å². The summed E-state index contributed by atoms with van der Waals surface area (Å²) in [6.07, 6.45) is 2.77. The number of nitrogens with one attached hydrogen (secondary N) is 1. The maximum atomic E-state index is 12.8. The van der Waals surface area contributed by atoms with Gasteiger partial charge in [0.2, 0.25) is 16.9 Å². The summed E-state index contributed by atoms with van der Waals surface area (Å²) in [5, 5.41) is 10.8. The number of methoxy groups -OCH3 is 1. The highest BCUT2D eigenvalue weighted by atomic mass is 32.1. The van der Waals surface area contributed by atoms with Gasteiger partial charge in [0.15, 0.2) is 0 Å². The summed E-state index contributed by atoms with van der Waals surface area (Å²) in [6.45, 7) is 1.74. The van der Waals surface area contributed by atoms with Crippen LogP contribution in [0.3, 0.4) is 0 Å². The van der Waals surface area contributed by atoms with Gasteiger partial charge in [-0.1, -0.05) is 11.3 Å². The molecule has 1 fully saturated rings. The Balaban J connectivity index is 1.56. The number of amides is 2. The molecule has 2 amide bonds. The van der Waals surface area contributed by atoms with E-state index in [1.807, 2.05) is 0 Å². The molecule has 3 heterocycles. The monoisotopic (exact) mass is 391 g/mol. The van der Waals surface area contributed by atoms with Crippen LogP contribution in [0.15, 0.2) is 23.8 Å². The zero-order valence-corrected chi connectivity index (χ0v) is 15.8. The Morgan fingerprint density at radius 1 is 1.33 bits per heavy atom. The van der Waals surface area contributed by atoms with Crippen LogP contribution < -0.4 is 10.1 Å². The smallest absolute Gasteiger partial charge is 0.259 e. The number of rotatable bonds is 7. The second kappa shape index (κ2) is 9.38. The second-order valence-corrected chi connectivity index (χ2v) is 6.83. The first kappa shape index (κ1) is 19.2. The van der Waals surface area contributed by atoms with Crippen molar-refractivity contribution in [2.75, 3.05) is 38.7 Å². The molecule has 0 spiro atoms. The van der Waals surface area contributed by atoms with Gasteiger partial charge in [-0.2, -0.15) is 0 Å². The standard InChI is InChI=1S/C17H21N5O4S/c1-25-9-10-26-15-13(3-2-6-18-15)16(24)22-7-4-12(5-8-22)14(23)20-17-21-19-11-27-17/h2-3,6,11-12H,4-5,7-10H2,1H3,(H,20,21,23). The third-order valence-electron chi connectivity index (χ3n) is 4.27.